The Kier molecular flexibility index (Phi) is 7.47. The molecule has 33 heavy (non-hydrogen) atoms. The molecule has 3 amide bonds. The van der Waals surface area contributed by atoms with Crippen LogP contribution in [0.15, 0.2) is 24.3 Å². The van der Waals surface area contributed by atoms with Crippen molar-refractivity contribution in [1.29, 1.82) is 5.26 Å². The van der Waals surface area contributed by atoms with Crippen molar-refractivity contribution in [3.63, 3.8) is 0 Å². The van der Waals surface area contributed by atoms with Crippen LogP contribution in [0.2, 0.25) is 0 Å². The summed E-state index contributed by atoms with van der Waals surface area (Å²) in [6, 6.07) is 9.76. The molecule has 0 aliphatic carbocycles. The molecule has 1 fully saturated rings. The van der Waals surface area contributed by atoms with Crippen LogP contribution in [0.5, 0.6) is 5.75 Å². The van der Waals surface area contributed by atoms with Gasteiger partial charge in [0.2, 0.25) is 5.91 Å². The lowest BCUT2D eigenvalue weighted by Crippen LogP contribution is -2.44. The summed E-state index contributed by atoms with van der Waals surface area (Å²) < 4.78 is 10.8. The summed E-state index contributed by atoms with van der Waals surface area (Å²) in [5.41, 5.74) is 2.47. The molecule has 1 unspecified atom stereocenters. The number of carbonyl (C=O) groups excluding carboxylic acids is 2. The zero-order chi connectivity index (χ0) is 23.2. The Labute approximate surface area is 197 Å². The lowest BCUT2D eigenvalue weighted by atomic mass is 10.0. The third kappa shape index (κ3) is 5.64. The zero-order valence-corrected chi connectivity index (χ0v) is 19.5. The Hall–Kier alpha value is -3.09. The van der Waals surface area contributed by atoms with Gasteiger partial charge in [-0.1, -0.05) is 12.1 Å². The topological polar surface area (TPSA) is 104 Å². The summed E-state index contributed by atoms with van der Waals surface area (Å²) >= 11 is 1.39. The van der Waals surface area contributed by atoms with Crippen LogP contribution in [-0.2, 0) is 28.9 Å². The number of nitrogens with one attached hydrogen (secondary N) is 2. The molecule has 0 saturated carbocycles. The van der Waals surface area contributed by atoms with E-state index in [4.69, 9.17) is 9.47 Å². The van der Waals surface area contributed by atoms with Crippen molar-refractivity contribution in [2.24, 2.45) is 0 Å². The van der Waals surface area contributed by atoms with E-state index in [9.17, 15) is 14.9 Å². The standard InChI is InChI=1S/C24H28N4O4S/c1-31-17-5-2-4-16(12-17)7-8-22(29)27-23-20(13-25)19-9-10-28(15-21(19)33-23)24(30)26-14-18-6-3-11-32-18/h2,4-5,12,18H,3,6-11,14-15H2,1H3,(H,26,30)(H,27,29). The van der Waals surface area contributed by atoms with Gasteiger partial charge in [0.05, 0.1) is 25.3 Å². The molecule has 4 rings (SSSR count). The second-order valence-electron chi connectivity index (χ2n) is 8.21. The quantitative estimate of drug-likeness (QED) is 0.648. The maximum absolute atomic E-state index is 12.6. The number of nitriles is 1. The first-order valence-electron chi connectivity index (χ1n) is 11.2. The van der Waals surface area contributed by atoms with Gasteiger partial charge in [-0.2, -0.15) is 5.26 Å². The number of hydrogen-bond donors (Lipinski definition) is 2. The molecular formula is C24H28N4O4S. The van der Waals surface area contributed by atoms with Crippen LogP contribution in [0, 0.1) is 11.3 Å². The van der Waals surface area contributed by atoms with Gasteiger partial charge >= 0.3 is 6.03 Å². The molecule has 1 aromatic heterocycles. The molecular weight excluding hydrogens is 440 g/mol. The molecule has 0 spiro atoms. The molecule has 9 heteroatoms. The number of urea groups is 1. The van der Waals surface area contributed by atoms with Crippen molar-refractivity contribution >= 4 is 28.3 Å². The Bertz CT molecular complexity index is 1060. The number of aryl methyl sites for hydroxylation is 1. The number of anilines is 1. The summed E-state index contributed by atoms with van der Waals surface area (Å²) in [5, 5.41) is 16.1. The van der Waals surface area contributed by atoms with E-state index >= 15 is 0 Å². The highest BCUT2D eigenvalue weighted by Gasteiger charge is 2.28. The minimum atomic E-state index is -0.140. The van der Waals surface area contributed by atoms with Gasteiger partial charge in [-0.15, -0.1) is 11.3 Å². The summed E-state index contributed by atoms with van der Waals surface area (Å²) in [6.07, 6.45) is 3.59. The highest BCUT2D eigenvalue weighted by Crippen LogP contribution is 2.36. The maximum Gasteiger partial charge on any atom is 0.317 e. The molecule has 1 aromatic carbocycles. The van der Waals surface area contributed by atoms with Gasteiger partial charge in [-0.05, 0) is 48.9 Å². The van der Waals surface area contributed by atoms with E-state index in [1.165, 1.54) is 11.3 Å². The lowest BCUT2D eigenvalue weighted by molar-refractivity contribution is -0.116. The number of benzene rings is 1. The van der Waals surface area contributed by atoms with Gasteiger partial charge in [0.25, 0.3) is 0 Å². The molecule has 1 atom stereocenters. The van der Waals surface area contributed by atoms with Crippen LogP contribution in [0.4, 0.5) is 9.80 Å². The van der Waals surface area contributed by atoms with Gasteiger partial charge < -0.3 is 25.0 Å². The molecule has 3 heterocycles. The number of thiophene rings is 1. The third-order valence-corrected chi connectivity index (χ3v) is 7.12. The number of ether oxygens (including phenoxy) is 2. The molecule has 2 aromatic rings. The molecule has 1 saturated heterocycles. The average Bonchev–Trinajstić information content (AvgIpc) is 3.48. The van der Waals surface area contributed by atoms with Crippen LogP contribution in [0.1, 0.15) is 40.8 Å². The zero-order valence-electron chi connectivity index (χ0n) is 18.7. The SMILES string of the molecule is COc1cccc(CCC(=O)Nc2sc3c(c2C#N)CCN(C(=O)NCC2CCCO2)C3)c1. The Morgan fingerprint density at radius 3 is 3.03 bits per heavy atom. The number of hydrogen-bond acceptors (Lipinski definition) is 6. The largest absolute Gasteiger partial charge is 0.497 e. The van der Waals surface area contributed by atoms with E-state index in [0.717, 1.165) is 41.2 Å². The first kappa shape index (κ1) is 23.1. The van der Waals surface area contributed by atoms with Crippen molar-refractivity contribution in [3.8, 4) is 11.8 Å². The molecule has 2 aliphatic heterocycles. The van der Waals surface area contributed by atoms with Crippen LogP contribution < -0.4 is 15.4 Å². The van der Waals surface area contributed by atoms with Gasteiger partial charge in [0.1, 0.15) is 16.8 Å². The highest BCUT2D eigenvalue weighted by molar-refractivity contribution is 7.16. The second-order valence-corrected chi connectivity index (χ2v) is 9.32. The summed E-state index contributed by atoms with van der Waals surface area (Å²) in [4.78, 5) is 27.9. The Morgan fingerprint density at radius 1 is 1.39 bits per heavy atom. The average molecular weight is 469 g/mol. The maximum atomic E-state index is 12.6. The normalized spacial score (nSPS) is 17.2. The lowest BCUT2D eigenvalue weighted by Gasteiger charge is -2.27. The molecule has 174 valence electrons. The van der Waals surface area contributed by atoms with Gasteiger partial charge in [0, 0.05) is 31.0 Å². The summed E-state index contributed by atoms with van der Waals surface area (Å²) in [7, 11) is 1.61. The van der Waals surface area contributed by atoms with Crippen molar-refractivity contribution in [2.45, 2.75) is 44.8 Å². The van der Waals surface area contributed by atoms with Gasteiger partial charge in [-0.25, -0.2) is 4.79 Å². The van der Waals surface area contributed by atoms with Crippen molar-refractivity contribution in [3.05, 3.63) is 45.8 Å². The van der Waals surface area contributed by atoms with Gasteiger partial charge in [-0.3, -0.25) is 4.79 Å². The van der Waals surface area contributed by atoms with E-state index in [2.05, 4.69) is 16.7 Å². The number of rotatable bonds is 7. The first-order chi connectivity index (χ1) is 16.1. The summed E-state index contributed by atoms with van der Waals surface area (Å²) in [5.74, 6) is 0.619. The molecule has 0 radical (unpaired) electrons. The molecule has 2 aliphatic rings. The fraction of sp³-hybridized carbons (Fsp3) is 0.458. The molecule has 0 bridgehead atoms. The van der Waals surface area contributed by atoms with Crippen LogP contribution in [0.3, 0.4) is 0 Å². The smallest absolute Gasteiger partial charge is 0.317 e. The van der Waals surface area contributed by atoms with Crippen molar-refractivity contribution in [1.82, 2.24) is 10.2 Å². The van der Waals surface area contributed by atoms with Crippen LogP contribution >= 0.6 is 11.3 Å². The van der Waals surface area contributed by atoms with Crippen molar-refractivity contribution in [2.75, 3.05) is 32.1 Å². The monoisotopic (exact) mass is 468 g/mol. The van der Waals surface area contributed by atoms with Crippen LogP contribution in [-0.4, -0.2) is 49.7 Å². The van der Waals surface area contributed by atoms with Gasteiger partial charge in [0.15, 0.2) is 0 Å². The Balaban J connectivity index is 1.35. The van der Waals surface area contributed by atoms with E-state index < -0.39 is 0 Å². The Morgan fingerprint density at radius 2 is 2.27 bits per heavy atom. The number of amides is 3. The minimum Gasteiger partial charge on any atom is -0.497 e. The van der Waals surface area contributed by atoms with Crippen LogP contribution in [0.25, 0.3) is 0 Å². The molecule has 2 N–H and O–H groups in total. The van der Waals surface area contributed by atoms with E-state index in [1.807, 2.05) is 24.3 Å². The summed E-state index contributed by atoms with van der Waals surface area (Å²) in [6.45, 7) is 2.25. The van der Waals surface area contributed by atoms with E-state index in [-0.39, 0.29) is 18.0 Å². The number of methoxy groups -OCH3 is 1. The molecule has 8 nitrogen and oxygen atoms in total. The third-order valence-electron chi connectivity index (χ3n) is 5.99. The van der Waals surface area contributed by atoms with E-state index in [0.29, 0.717) is 49.5 Å². The second kappa shape index (κ2) is 10.7. The predicted molar refractivity (Wildman–Crippen MR) is 125 cm³/mol. The highest BCUT2D eigenvalue weighted by atomic mass is 32.1. The predicted octanol–water partition coefficient (Wildman–Crippen LogP) is 3.45. The fourth-order valence-corrected chi connectivity index (χ4v) is 5.41. The minimum absolute atomic E-state index is 0.0972. The van der Waals surface area contributed by atoms with Crippen molar-refractivity contribution < 1.29 is 19.1 Å². The fourth-order valence-electron chi connectivity index (χ4n) is 4.18. The number of nitrogens with zero attached hydrogens (tertiary/aromatic N) is 2. The van der Waals surface area contributed by atoms with E-state index in [1.54, 1.807) is 12.0 Å². The number of carbonyl (C=O) groups is 2. The first-order valence-corrected chi connectivity index (χ1v) is 12.0. The number of fused-ring (bicyclic) bond motifs is 1.